The van der Waals surface area contributed by atoms with Crippen LogP contribution in [-0.4, -0.2) is 47.5 Å². The largest absolute Gasteiger partial charge is 0.497 e. The van der Waals surface area contributed by atoms with E-state index in [1.807, 2.05) is 36.4 Å². The Morgan fingerprint density at radius 2 is 1.97 bits per heavy atom. The molecule has 0 atom stereocenters. The number of benzene rings is 2. The van der Waals surface area contributed by atoms with E-state index in [9.17, 15) is 9.90 Å². The quantitative estimate of drug-likeness (QED) is 0.514. The van der Waals surface area contributed by atoms with Crippen LogP contribution in [0.1, 0.15) is 5.56 Å². The molecule has 0 unspecified atom stereocenters. The first-order chi connectivity index (χ1) is 14.0. The van der Waals surface area contributed by atoms with Crippen molar-refractivity contribution in [2.24, 2.45) is 0 Å². The summed E-state index contributed by atoms with van der Waals surface area (Å²) in [5.41, 5.74) is 1.76. The molecule has 152 valence electrons. The fourth-order valence-electron chi connectivity index (χ4n) is 3.00. The molecule has 0 aliphatic rings. The van der Waals surface area contributed by atoms with Crippen molar-refractivity contribution in [1.29, 1.82) is 0 Å². The summed E-state index contributed by atoms with van der Waals surface area (Å²) >= 11 is 5.52. The average molecular weight is 413 g/mol. The molecular formula is C21H23N3O4S. The minimum atomic E-state index is -0.203. The monoisotopic (exact) mass is 413 g/mol. The van der Waals surface area contributed by atoms with Gasteiger partial charge in [0.1, 0.15) is 11.5 Å². The maximum absolute atomic E-state index is 12.5. The zero-order valence-electron chi connectivity index (χ0n) is 16.3. The van der Waals surface area contributed by atoms with Gasteiger partial charge >= 0.3 is 0 Å². The summed E-state index contributed by atoms with van der Waals surface area (Å²) in [5.74, 6) is 1.35. The van der Waals surface area contributed by atoms with Crippen molar-refractivity contribution in [2.75, 3.05) is 32.7 Å². The molecule has 3 N–H and O–H groups in total. The van der Waals surface area contributed by atoms with Crippen molar-refractivity contribution in [2.45, 2.75) is 6.54 Å². The second kappa shape index (κ2) is 9.40. The number of methoxy groups -OCH3 is 2. The fourth-order valence-corrected chi connectivity index (χ4v) is 3.26. The summed E-state index contributed by atoms with van der Waals surface area (Å²) in [6, 6.07) is 14.7. The summed E-state index contributed by atoms with van der Waals surface area (Å²) in [4.78, 5) is 17.2. The number of H-pyrrole nitrogens is 1. The van der Waals surface area contributed by atoms with Gasteiger partial charge in [0.2, 0.25) is 0 Å². The zero-order chi connectivity index (χ0) is 20.8. The summed E-state index contributed by atoms with van der Waals surface area (Å²) in [7, 11) is 3.18. The first-order valence-corrected chi connectivity index (χ1v) is 9.46. The standard InChI is InChI=1S/C21H23N3O4S/c1-27-16-7-8-17-14(12-16)11-15(20(26)22-17)13-24(9-10-25)21(29)23-18-5-3-4-6-19(18)28-2/h3-8,11-12,25H,9-10,13H2,1-2H3,(H,22,26)(H,23,29). The molecule has 0 aliphatic heterocycles. The molecule has 1 heterocycles. The minimum Gasteiger partial charge on any atom is -0.497 e. The Morgan fingerprint density at radius 1 is 1.17 bits per heavy atom. The molecule has 0 spiro atoms. The topological polar surface area (TPSA) is 86.8 Å². The Hall–Kier alpha value is -3.10. The summed E-state index contributed by atoms with van der Waals surface area (Å²) < 4.78 is 10.6. The molecule has 0 amide bonds. The molecule has 2 aromatic carbocycles. The minimum absolute atomic E-state index is 0.104. The van der Waals surface area contributed by atoms with Crippen LogP contribution in [0.15, 0.2) is 53.3 Å². The van der Waals surface area contributed by atoms with Crippen LogP contribution in [0.2, 0.25) is 0 Å². The van der Waals surface area contributed by atoms with E-state index in [1.54, 1.807) is 31.3 Å². The molecule has 0 saturated carbocycles. The molecule has 8 heteroatoms. The van der Waals surface area contributed by atoms with Gasteiger partial charge in [0.25, 0.3) is 5.56 Å². The fraction of sp³-hybridized carbons (Fsp3) is 0.238. The number of rotatable bonds is 7. The van der Waals surface area contributed by atoms with Crippen LogP contribution in [0, 0.1) is 0 Å². The van der Waals surface area contributed by atoms with Crippen LogP contribution in [-0.2, 0) is 6.54 Å². The number of thiocarbonyl (C=S) groups is 1. The summed E-state index contributed by atoms with van der Waals surface area (Å²) in [6.07, 6.45) is 0. The highest BCUT2D eigenvalue weighted by Crippen LogP contribution is 2.24. The maximum Gasteiger partial charge on any atom is 0.253 e. The summed E-state index contributed by atoms with van der Waals surface area (Å²) in [6.45, 7) is 0.410. The van der Waals surface area contributed by atoms with Crippen LogP contribution >= 0.6 is 12.2 Å². The Morgan fingerprint density at radius 3 is 2.69 bits per heavy atom. The van der Waals surface area contributed by atoms with Crippen molar-refractivity contribution in [3.63, 3.8) is 0 Å². The molecular weight excluding hydrogens is 390 g/mol. The number of anilines is 1. The van der Waals surface area contributed by atoms with Crippen molar-refractivity contribution in [1.82, 2.24) is 9.88 Å². The molecule has 29 heavy (non-hydrogen) atoms. The van der Waals surface area contributed by atoms with E-state index in [4.69, 9.17) is 21.7 Å². The van der Waals surface area contributed by atoms with Crippen molar-refractivity contribution in [3.8, 4) is 11.5 Å². The number of aliphatic hydroxyl groups excluding tert-OH is 1. The van der Waals surface area contributed by atoms with Gasteiger partial charge in [-0.1, -0.05) is 12.1 Å². The molecule has 7 nitrogen and oxygen atoms in total. The van der Waals surface area contributed by atoms with Crippen molar-refractivity contribution < 1.29 is 14.6 Å². The molecule has 3 aromatic rings. The summed E-state index contributed by atoms with van der Waals surface area (Å²) in [5, 5.41) is 13.9. The molecule has 0 bridgehead atoms. The molecule has 0 fully saturated rings. The molecule has 0 radical (unpaired) electrons. The predicted octanol–water partition coefficient (Wildman–Crippen LogP) is 2.74. The normalized spacial score (nSPS) is 10.6. The van der Waals surface area contributed by atoms with Gasteiger partial charge in [0.05, 0.1) is 33.1 Å². The first kappa shape index (κ1) is 20.6. The number of ether oxygens (including phenoxy) is 2. The second-order valence-electron chi connectivity index (χ2n) is 6.35. The van der Waals surface area contributed by atoms with Gasteiger partial charge in [0, 0.05) is 23.0 Å². The smallest absolute Gasteiger partial charge is 0.253 e. The van der Waals surface area contributed by atoms with Crippen LogP contribution in [0.4, 0.5) is 5.69 Å². The highest BCUT2D eigenvalue weighted by atomic mass is 32.1. The lowest BCUT2D eigenvalue weighted by atomic mass is 10.1. The van der Waals surface area contributed by atoms with Crippen molar-refractivity contribution >= 4 is 33.9 Å². The number of nitrogens with one attached hydrogen (secondary N) is 2. The lowest BCUT2D eigenvalue weighted by Crippen LogP contribution is -2.37. The van der Waals surface area contributed by atoms with Crippen LogP contribution in [0.25, 0.3) is 10.9 Å². The zero-order valence-corrected chi connectivity index (χ0v) is 17.1. The number of aromatic nitrogens is 1. The average Bonchev–Trinajstić information content (AvgIpc) is 2.73. The number of hydrogen-bond acceptors (Lipinski definition) is 5. The Balaban J connectivity index is 1.87. The Kier molecular flexibility index (Phi) is 6.69. The highest BCUT2D eigenvalue weighted by molar-refractivity contribution is 7.80. The Labute approximate surface area is 173 Å². The number of fused-ring (bicyclic) bond motifs is 1. The van der Waals surface area contributed by atoms with Crippen LogP contribution in [0.3, 0.4) is 0 Å². The highest BCUT2D eigenvalue weighted by Gasteiger charge is 2.15. The third kappa shape index (κ3) is 4.85. The maximum atomic E-state index is 12.5. The predicted molar refractivity (Wildman–Crippen MR) is 118 cm³/mol. The number of aromatic amines is 1. The third-order valence-corrected chi connectivity index (χ3v) is 4.86. The number of para-hydroxylation sites is 2. The van der Waals surface area contributed by atoms with E-state index >= 15 is 0 Å². The van der Waals surface area contributed by atoms with Gasteiger partial charge < -0.3 is 29.8 Å². The molecule has 3 rings (SSSR count). The lowest BCUT2D eigenvalue weighted by molar-refractivity contribution is 0.248. The van der Waals surface area contributed by atoms with Crippen LogP contribution in [0.5, 0.6) is 11.5 Å². The van der Waals surface area contributed by atoms with E-state index in [1.165, 1.54) is 0 Å². The number of hydrogen-bond donors (Lipinski definition) is 3. The Bertz CT molecular complexity index is 1070. The number of aliphatic hydroxyl groups is 1. The molecule has 0 aliphatic carbocycles. The first-order valence-electron chi connectivity index (χ1n) is 9.05. The van der Waals surface area contributed by atoms with E-state index in [2.05, 4.69) is 10.3 Å². The van der Waals surface area contributed by atoms with Crippen LogP contribution < -0.4 is 20.3 Å². The van der Waals surface area contributed by atoms with Gasteiger partial charge in [-0.2, -0.15) is 0 Å². The lowest BCUT2D eigenvalue weighted by Gasteiger charge is -2.25. The van der Waals surface area contributed by atoms with Crippen molar-refractivity contribution in [3.05, 3.63) is 64.4 Å². The third-order valence-electron chi connectivity index (χ3n) is 4.50. The van der Waals surface area contributed by atoms with Gasteiger partial charge in [-0.25, -0.2) is 0 Å². The number of nitrogens with zero attached hydrogens (tertiary/aromatic N) is 1. The van der Waals surface area contributed by atoms with Gasteiger partial charge in [-0.05, 0) is 48.6 Å². The molecule has 1 aromatic heterocycles. The van der Waals surface area contributed by atoms with E-state index in [0.29, 0.717) is 27.9 Å². The van der Waals surface area contributed by atoms with E-state index in [0.717, 1.165) is 10.9 Å². The van der Waals surface area contributed by atoms with Gasteiger partial charge in [-0.3, -0.25) is 4.79 Å². The SMILES string of the molecule is COc1ccc2[nH]c(=O)c(CN(CCO)C(=S)Nc3ccccc3OC)cc2c1. The molecule has 0 saturated heterocycles. The van der Waals surface area contributed by atoms with Gasteiger partial charge in [-0.15, -0.1) is 0 Å². The number of pyridine rings is 1. The van der Waals surface area contributed by atoms with Gasteiger partial charge in [0.15, 0.2) is 5.11 Å². The second-order valence-corrected chi connectivity index (χ2v) is 6.74. The van der Waals surface area contributed by atoms with E-state index in [-0.39, 0.29) is 25.3 Å². The van der Waals surface area contributed by atoms with E-state index < -0.39 is 0 Å².